The van der Waals surface area contributed by atoms with Gasteiger partial charge in [0.05, 0.1) is 0 Å². The smallest absolute Gasteiger partial charge is 0.172 e. The quantitative estimate of drug-likeness (QED) is 0.487. The van der Waals surface area contributed by atoms with E-state index in [1.165, 1.54) is 0 Å². The second-order valence-corrected chi connectivity index (χ2v) is 0.781. The Kier molecular flexibility index (Phi) is 18.9. The van der Waals surface area contributed by atoms with Crippen LogP contribution in [0.15, 0.2) is 0 Å². The normalized spacial score (nSPS) is 8.00. The maximum atomic E-state index is 10.4. The lowest BCUT2D eigenvalue weighted by Gasteiger charge is -1.88. The van der Waals surface area contributed by atoms with E-state index in [9.17, 15) is 13.2 Å². The van der Waals surface area contributed by atoms with Crippen LogP contribution in [0.5, 0.6) is 0 Å². The molecule has 0 atom stereocenters. The molecule has 0 amide bonds. The molecule has 9 heavy (non-hydrogen) atoms. The summed E-state index contributed by atoms with van der Waals surface area (Å²) in [6, 6.07) is 0. The van der Waals surface area contributed by atoms with E-state index in [4.69, 9.17) is 0 Å². The molecule has 0 spiro atoms. The fourth-order valence-corrected chi connectivity index (χ4v) is 0. The van der Waals surface area contributed by atoms with Crippen molar-refractivity contribution in [2.45, 2.75) is 40.8 Å². The van der Waals surface area contributed by atoms with E-state index in [0.717, 1.165) is 0 Å². The van der Waals surface area contributed by atoms with Crippen LogP contribution in [0.4, 0.5) is 13.2 Å². The molecule has 3 heteroatoms. The Hall–Kier alpha value is -0.210. The highest BCUT2D eigenvalue weighted by Crippen LogP contribution is 2.10. The summed E-state index contributed by atoms with van der Waals surface area (Å²) in [6.45, 7) is 8.19. The van der Waals surface area contributed by atoms with E-state index in [1.807, 2.05) is 27.7 Å². The van der Waals surface area contributed by atoms with Crippen molar-refractivity contribution in [2.24, 2.45) is 0 Å². The highest BCUT2D eigenvalue weighted by Gasteiger charge is 2.15. The molecule has 0 N–H and O–H groups in total. The Morgan fingerprint density at radius 1 is 0.778 bits per heavy atom. The van der Waals surface area contributed by atoms with Gasteiger partial charge in [-0.1, -0.05) is 27.7 Å². The van der Waals surface area contributed by atoms with Crippen LogP contribution < -0.4 is 0 Å². The summed E-state index contributed by atoms with van der Waals surface area (Å²) in [7, 11) is 0. The monoisotopic (exact) mass is 144 g/mol. The maximum Gasteiger partial charge on any atom is 0.386 e. The largest absolute Gasteiger partial charge is 0.386 e. The Morgan fingerprint density at radius 2 is 0.778 bits per heavy atom. The molecule has 0 aromatic carbocycles. The highest BCUT2D eigenvalue weighted by atomic mass is 19.4. The summed E-state index contributed by atoms with van der Waals surface area (Å²) in [5.41, 5.74) is 0. The summed E-state index contributed by atoms with van der Waals surface area (Å²) >= 11 is 0. The molecule has 0 rings (SSSR count). The van der Waals surface area contributed by atoms with Crippen LogP contribution in [-0.4, -0.2) is 6.18 Å². The summed E-state index contributed by atoms with van der Waals surface area (Å²) in [6.07, 6.45) is -4.00. The third-order valence-corrected chi connectivity index (χ3v) is 0. The average molecular weight is 144 g/mol. The van der Waals surface area contributed by atoms with Crippen molar-refractivity contribution in [1.29, 1.82) is 0 Å². The Balaban J connectivity index is -0.0000000771. The fourth-order valence-electron chi connectivity index (χ4n) is 0. The molecule has 0 nitrogen and oxygen atoms in total. The van der Waals surface area contributed by atoms with Crippen LogP contribution in [0.2, 0.25) is 0 Å². The van der Waals surface area contributed by atoms with Gasteiger partial charge in [-0.25, -0.2) is 0 Å². The molecular formula is C6H15F3. The molecule has 0 aliphatic heterocycles. The molecule has 0 aliphatic carbocycles. The topological polar surface area (TPSA) is 0 Å². The molecule has 0 fully saturated rings. The Morgan fingerprint density at radius 3 is 0.778 bits per heavy atom. The van der Waals surface area contributed by atoms with Crippen LogP contribution in [0.1, 0.15) is 34.6 Å². The minimum absolute atomic E-state index is 0.188. The van der Waals surface area contributed by atoms with Gasteiger partial charge in [-0.3, -0.25) is 0 Å². The van der Waals surface area contributed by atoms with E-state index < -0.39 is 6.18 Å². The fraction of sp³-hybridized carbons (Fsp3) is 1.00. The van der Waals surface area contributed by atoms with Gasteiger partial charge >= 0.3 is 6.18 Å². The lowest BCUT2D eigenvalue weighted by atomic mass is 10.8. The van der Waals surface area contributed by atoms with Gasteiger partial charge in [0.25, 0.3) is 0 Å². The van der Waals surface area contributed by atoms with Crippen molar-refractivity contribution >= 4 is 0 Å². The van der Waals surface area contributed by atoms with E-state index in [-0.39, 0.29) is 6.92 Å². The molecule has 0 aromatic rings. The summed E-state index contributed by atoms with van der Waals surface area (Å²) in [5.74, 6) is 0. The minimum Gasteiger partial charge on any atom is -0.172 e. The van der Waals surface area contributed by atoms with Gasteiger partial charge in [-0.05, 0) is 0 Å². The number of halogens is 3. The minimum atomic E-state index is -4.00. The van der Waals surface area contributed by atoms with E-state index in [2.05, 4.69) is 0 Å². The predicted octanol–water partition coefficient (Wildman–Crippen LogP) is 3.62. The Labute approximate surface area is 55.1 Å². The van der Waals surface area contributed by atoms with Crippen molar-refractivity contribution in [3.8, 4) is 0 Å². The molecule has 0 aromatic heterocycles. The van der Waals surface area contributed by atoms with Crippen LogP contribution in [0, 0.1) is 0 Å². The second kappa shape index (κ2) is 10.7. The molecule has 0 aliphatic rings. The first-order valence-electron chi connectivity index (χ1n) is 3.07. The van der Waals surface area contributed by atoms with Crippen molar-refractivity contribution in [3.05, 3.63) is 0 Å². The first-order chi connectivity index (χ1) is 4.00. The van der Waals surface area contributed by atoms with Crippen molar-refractivity contribution in [1.82, 2.24) is 0 Å². The van der Waals surface area contributed by atoms with Crippen LogP contribution in [0.3, 0.4) is 0 Å². The van der Waals surface area contributed by atoms with Gasteiger partial charge in [-0.15, -0.1) is 0 Å². The molecule has 0 radical (unpaired) electrons. The van der Waals surface area contributed by atoms with Crippen LogP contribution >= 0.6 is 0 Å². The van der Waals surface area contributed by atoms with Gasteiger partial charge in [0.15, 0.2) is 0 Å². The lowest BCUT2D eigenvalue weighted by molar-refractivity contribution is -0.110. The van der Waals surface area contributed by atoms with Gasteiger partial charge in [0, 0.05) is 6.92 Å². The Bertz CT molecular complexity index is 23.8. The van der Waals surface area contributed by atoms with Gasteiger partial charge in [0.1, 0.15) is 0 Å². The molecule has 0 heterocycles. The zero-order chi connectivity index (χ0) is 8.50. The standard InChI is InChI=1S/C2H3F3.2C2H6/c1-2(3,4)5;2*1-2/h1H3;2*1-2H3. The zero-order valence-electron chi connectivity index (χ0n) is 6.63. The zero-order valence-corrected chi connectivity index (χ0v) is 6.63. The summed E-state index contributed by atoms with van der Waals surface area (Å²) in [4.78, 5) is 0. The SMILES string of the molecule is CC.CC.CC(F)(F)F. The third kappa shape index (κ3) is 5920. The first-order valence-corrected chi connectivity index (χ1v) is 3.07. The van der Waals surface area contributed by atoms with E-state index in [0.29, 0.717) is 0 Å². The predicted molar refractivity (Wildman–Crippen MR) is 34.4 cm³/mol. The van der Waals surface area contributed by atoms with Gasteiger partial charge in [-0.2, -0.15) is 13.2 Å². The lowest BCUT2D eigenvalue weighted by Crippen LogP contribution is -1.95. The highest BCUT2D eigenvalue weighted by molar-refractivity contribution is 4.26. The number of hydrogen-bond acceptors (Lipinski definition) is 0. The molecule has 0 saturated carbocycles. The van der Waals surface area contributed by atoms with Gasteiger partial charge < -0.3 is 0 Å². The number of hydrogen-bond donors (Lipinski definition) is 0. The third-order valence-electron chi connectivity index (χ3n) is 0. The van der Waals surface area contributed by atoms with Crippen molar-refractivity contribution < 1.29 is 13.2 Å². The number of alkyl halides is 3. The molecule has 60 valence electrons. The molecule has 0 unspecified atom stereocenters. The van der Waals surface area contributed by atoms with E-state index in [1.54, 1.807) is 0 Å². The van der Waals surface area contributed by atoms with E-state index >= 15 is 0 Å². The summed E-state index contributed by atoms with van der Waals surface area (Å²) in [5, 5.41) is 0. The van der Waals surface area contributed by atoms with Crippen LogP contribution in [0.25, 0.3) is 0 Å². The van der Waals surface area contributed by atoms with Crippen LogP contribution in [-0.2, 0) is 0 Å². The second-order valence-electron chi connectivity index (χ2n) is 0.781. The molecule has 0 saturated heterocycles. The summed E-state index contributed by atoms with van der Waals surface area (Å²) < 4.78 is 31.1. The van der Waals surface area contributed by atoms with Gasteiger partial charge in [0.2, 0.25) is 0 Å². The van der Waals surface area contributed by atoms with Crippen molar-refractivity contribution in [2.75, 3.05) is 0 Å². The number of rotatable bonds is 0. The van der Waals surface area contributed by atoms with Crippen molar-refractivity contribution in [3.63, 3.8) is 0 Å². The first kappa shape index (κ1) is 15.9. The molecular weight excluding hydrogens is 129 g/mol. The molecule has 0 bridgehead atoms. The maximum absolute atomic E-state index is 10.4. The average Bonchev–Trinajstić information content (AvgIpc) is 1.72.